The highest BCUT2D eigenvalue weighted by atomic mass is 19.1. The number of aryl methyl sites for hydroxylation is 1. The monoisotopic (exact) mass is 427 g/mol. The molecule has 2 aliphatic heterocycles. The van der Waals surface area contributed by atoms with Gasteiger partial charge in [-0.2, -0.15) is 5.10 Å². The molecule has 5 heteroatoms. The van der Waals surface area contributed by atoms with Crippen LogP contribution in [0.5, 0.6) is 0 Å². The average molecular weight is 428 g/mol. The first-order valence-electron chi connectivity index (χ1n) is 11.1. The van der Waals surface area contributed by atoms with Crippen LogP contribution in [0.4, 0.5) is 4.39 Å². The van der Waals surface area contributed by atoms with Gasteiger partial charge in [-0.05, 0) is 47.7 Å². The van der Waals surface area contributed by atoms with E-state index >= 15 is 0 Å². The van der Waals surface area contributed by atoms with E-state index in [1.165, 1.54) is 23.3 Å². The van der Waals surface area contributed by atoms with Gasteiger partial charge in [0.1, 0.15) is 5.82 Å². The largest absolute Gasteiger partial charge is 0.290 e. The molecule has 0 saturated carbocycles. The van der Waals surface area contributed by atoms with Gasteiger partial charge in [0.05, 0.1) is 18.3 Å². The van der Waals surface area contributed by atoms with E-state index in [2.05, 4.69) is 42.2 Å². The van der Waals surface area contributed by atoms with Gasteiger partial charge in [-0.3, -0.25) is 9.69 Å². The fourth-order valence-corrected chi connectivity index (χ4v) is 4.74. The first kappa shape index (κ1) is 20.6. The van der Waals surface area contributed by atoms with Gasteiger partial charge in [-0.1, -0.05) is 60.7 Å². The Kier molecular flexibility index (Phi) is 5.58. The topological polar surface area (TPSA) is 35.9 Å². The molecule has 32 heavy (non-hydrogen) atoms. The summed E-state index contributed by atoms with van der Waals surface area (Å²) in [5.41, 5.74) is 6.33. The van der Waals surface area contributed by atoms with Crippen LogP contribution in [0.1, 0.15) is 40.3 Å². The molecule has 1 atom stereocenters. The Hall–Kier alpha value is -3.31. The van der Waals surface area contributed by atoms with Crippen molar-refractivity contribution in [2.45, 2.75) is 32.4 Å². The van der Waals surface area contributed by atoms with Gasteiger partial charge in [-0.15, -0.1) is 0 Å². The van der Waals surface area contributed by atoms with E-state index in [0.29, 0.717) is 13.0 Å². The molecule has 0 aliphatic carbocycles. The van der Waals surface area contributed by atoms with E-state index in [9.17, 15) is 9.18 Å². The first-order valence-corrected chi connectivity index (χ1v) is 11.1. The summed E-state index contributed by atoms with van der Waals surface area (Å²) in [7, 11) is 0. The second-order valence-electron chi connectivity index (χ2n) is 8.60. The smallest absolute Gasteiger partial charge is 0.257 e. The number of hydrogen-bond donors (Lipinski definition) is 0. The number of nitrogens with zero attached hydrogens (tertiary/aromatic N) is 3. The summed E-state index contributed by atoms with van der Waals surface area (Å²) in [5.74, 6) is -0.321. The number of fused-ring (bicyclic) bond motifs is 1. The van der Waals surface area contributed by atoms with E-state index in [4.69, 9.17) is 5.10 Å². The number of carbonyl (C=O) groups excluding carboxylic acids is 1. The molecule has 1 amide bonds. The lowest BCUT2D eigenvalue weighted by Crippen LogP contribution is -2.40. The lowest BCUT2D eigenvalue weighted by molar-refractivity contribution is -0.134. The highest BCUT2D eigenvalue weighted by molar-refractivity contribution is 6.03. The minimum absolute atomic E-state index is 0.0240. The van der Waals surface area contributed by atoms with Gasteiger partial charge in [0.15, 0.2) is 0 Å². The molecule has 3 aromatic rings. The van der Waals surface area contributed by atoms with Crippen molar-refractivity contribution in [2.24, 2.45) is 5.10 Å². The number of benzene rings is 3. The van der Waals surface area contributed by atoms with Crippen molar-refractivity contribution in [3.63, 3.8) is 0 Å². The fraction of sp³-hybridized carbons (Fsp3) is 0.259. The molecule has 4 nitrogen and oxygen atoms in total. The summed E-state index contributed by atoms with van der Waals surface area (Å²) >= 11 is 0. The average Bonchev–Trinajstić information content (AvgIpc) is 3.25. The highest BCUT2D eigenvalue weighted by Crippen LogP contribution is 2.34. The molecule has 5 rings (SSSR count). The van der Waals surface area contributed by atoms with Gasteiger partial charge >= 0.3 is 0 Å². The zero-order chi connectivity index (χ0) is 22.1. The van der Waals surface area contributed by atoms with E-state index in [1.54, 1.807) is 11.1 Å². The van der Waals surface area contributed by atoms with Crippen LogP contribution in [-0.2, 0) is 17.8 Å². The Morgan fingerprint density at radius 3 is 2.62 bits per heavy atom. The molecule has 2 heterocycles. The molecule has 0 N–H and O–H groups in total. The Morgan fingerprint density at radius 2 is 1.81 bits per heavy atom. The molecule has 0 bridgehead atoms. The minimum Gasteiger partial charge on any atom is -0.290 e. The maximum Gasteiger partial charge on any atom is 0.257 e. The molecule has 0 radical (unpaired) electrons. The van der Waals surface area contributed by atoms with Crippen LogP contribution in [0.2, 0.25) is 0 Å². The maximum atomic E-state index is 13.8. The molecular weight excluding hydrogens is 401 g/mol. The van der Waals surface area contributed by atoms with Crippen LogP contribution in [0.3, 0.4) is 0 Å². The molecule has 0 saturated heterocycles. The SMILES string of the molecule is Cc1ccccc1C1CC(c2cccc(F)c2)=NN1C(=O)CN1CCc2ccccc2C1. The van der Waals surface area contributed by atoms with E-state index in [0.717, 1.165) is 41.9 Å². The summed E-state index contributed by atoms with van der Waals surface area (Å²) in [6.07, 6.45) is 1.52. The third-order valence-electron chi connectivity index (χ3n) is 6.44. The number of hydrazone groups is 1. The van der Waals surface area contributed by atoms with Crippen molar-refractivity contribution in [3.05, 3.63) is 106 Å². The van der Waals surface area contributed by atoms with E-state index < -0.39 is 0 Å². The standard InChI is InChI=1S/C27H26FN3O/c1-19-7-2-5-12-24(19)26-16-25(21-10-6-11-23(28)15-21)29-31(26)27(32)18-30-14-13-20-8-3-4-9-22(20)17-30/h2-12,15,26H,13-14,16-18H2,1H3. The summed E-state index contributed by atoms with van der Waals surface area (Å²) in [6, 6.07) is 22.8. The van der Waals surface area contributed by atoms with Gasteiger partial charge in [-0.25, -0.2) is 9.40 Å². The molecule has 2 aliphatic rings. The van der Waals surface area contributed by atoms with E-state index in [1.807, 2.05) is 24.3 Å². The van der Waals surface area contributed by atoms with Crippen molar-refractivity contribution in [1.82, 2.24) is 9.91 Å². The third kappa shape index (κ3) is 4.08. The Bertz CT molecular complexity index is 1190. The molecule has 3 aromatic carbocycles. The zero-order valence-electron chi connectivity index (χ0n) is 18.2. The summed E-state index contributed by atoms with van der Waals surface area (Å²) in [4.78, 5) is 15.7. The predicted octanol–water partition coefficient (Wildman–Crippen LogP) is 4.87. The summed E-state index contributed by atoms with van der Waals surface area (Å²) in [6.45, 7) is 3.99. The molecule has 0 fully saturated rings. The molecule has 0 spiro atoms. The van der Waals surface area contributed by atoms with Crippen LogP contribution < -0.4 is 0 Å². The zero-order valence-corrected chi connectivity index (χ0v) is 18.2. The van der Waals surface area contributed by atoms with Gasteiger partial charge in [0.2, 0.25) is 0 Å². The van der Waals surface area contributed by atoms with Crippen molar-refractivity contribution >= 4 is 11.6 Å². The second kappa shape index (κ2) is 8.67. The molecule has 1 unspecified atom stereocenters. The first-order chi connectivity index (χ1) is 15.6. The maximum absolute atomic E-state index is 13.8. The van der Waals surface area contributed by atoms with Crippen molar-refractivity contribution in [3.8, 4) is 0 Å². The Labute approximate surface area is 188 Å². The van der Waals surface area contributed by atoms with Crippen molar-refractivity contribution in [2.75, 3.05) is 13.1 Å². The van der Waals surface area contributed by atoms with Crippen LogP contribution >= 0.6 is 0 Å². The second-order valence-corrected chi connectivity index (χ2v) is 8.60. The quantitative estimate of drug-likeness (QED) is 0.596. The third-order valence-corrected chi connectivity index (χ3v) is 6.44. The van der Waals surface area contributed by atoms with Crippen LogP contribution in [-0.4, -0.2) is 34.6 Å². The fourth-order valence-electron chi connectivity index (χ4n) is 4.74. The lowest BCUT2D eigenvalue weighted by atomic mass is 9.95. The lowest BCUT2D eigenvalue weighted by Gasteiger charge is -2.30. The van der Waals surface area contributed by atoms with Crippen molar-refractivity contribution < 1.29 is 9.18 Å². The van der Waals surface area contributed by atoms with E-state index in [-0.39, 0.29) is 17.8 Å². The molecule has 162 valence electrons. The Balaban J connectivity index is 1.41. The molecule has 0 aromatic heterocycles. The number of amides is 1. The normalized spacial score (nSPS) is 18.4. The van der Waals surface area contributed by atoms with Gasteiger partial charge < -0.3 is 0 Å². The molecular formula is C27H26FN3O. The number of halogens is 1. The summed E-state index contributed by atoms with van der Waals surface area (Å²) in [5, 5.41) is 6.34. The number of hydrogen-bond acceptors (Lipinski definition) is 3. The van der Waals surface area contributed by atoms with Crippen LogP contribution in [0.15, 0.2) is 77.9 Å². The van der Waals surface area contributed by atoms with Gasteiger partial charge in [0, 0.05) is 25.1 Å². The van der Waals surface area contributed by atoms with Crippen LogP contribution in [0, 0.1) is 12.7 Å². The Morgan fingerprint density at radius 1 is 1.03 bits per heavy atom. The minimum atomic E-state index is -0.297. The highest BCUT2D eigenvalue weighted by Gasteiger charge is 2.34. The number of carbonyl (C=O) groups is 1. The summed E-state index contributed by atoms with van der Waals surface area (Å²) < 4.78 is 13.8. The predicted molar refractivity (Wildman–Crippen MR) is 124 cm³/mol. The van der Waals surface area contributed by atoms with Gasteiger partial charge in [0.25, 0.3) is 5.91 Å². The van der Waals surface area contributed by atoms with Crippen LogP contribution in [0.25, 0.3) is 0 Å². The van der Waals surface area contributed by atoms with Crippen molar-refractivity contribution in [1.29, 1.82) is 0 Å². The number of rotatable bonds is 4.